The van der Waals surface area contributed by atoms with E-state index in [-0.39, 0.29) is 41.6 Å². The quantitative estimate of drug-likeness (QED) is 0.122. The van der Waals surface area contributed by atoms with E-state index in [1.165, 1.54) is 28.8 Å². The Labute approximate surface area is 288 Å². The third-order valence-electron chi connectivity index (χ3n) is 9.52. The zero-order valence-corrected chi connectivity index (χ0v) is 27.7. The van der Waals surface area contributed by atoms with Gasteiger partial charge in [-0.2, -0.15) is 13.2 Å². The van der Waals surface area contributed by atoms with E-state index in [2.05, 4.69) is 15.6 Å². The molecule has 5 heterocycles. The van der Waals surface area contributed by atoms with E-state index in [1.807, 2.05) is 0 Å². The van der Waals surface area contributed by atoms with Crippen molar-refractivity contribution in [1.29, 1.82) is 0 Å². The maximum atomic E-state index is 15.3. The number of ether oxygens (including phenoxy) is 1. The summed E-state index contributed by atoms with van der Waals surface area (Å²) in [6.07, 6.45) is -1.05. The summed E-state index contributed by atoms with van der Waals surface area (Å²) in [5.41, 5.74) is 0.199. The SMILES string of the molecule is Cc1nc2c3c(c(C(F)(F)F)cc2n1C)-c1cccn2c(C(=O)c4cc(F)c(NC(=O)/C=C/CN[C@@H]5COC[C@H]5O)c(F)c4)cc(c12)CCN3C. The van der Waals surface area contributed by atoms with Gasteiger partial charge < -0.3 is 34.3 Å². The number of ketones is 1. The molecule has 0 saturated carbocycles. The summed E-state index contributed by atoms with van der Waals surface area (Å²) in [4.78, 5) is 32.7. The maximum absolute atomic E-state index is 15.3. The number of nitrogens with one attached hydrogen (secondary N) is 2. The van der Waals surface area contributed by atoms with Crippen LogP contribution in [-0.2, 0) is 29.2 Å². The molecule has 3 N–H and O–H groups in total. The second-order valence-corrected chi connectivity index (χ2v) is 12.8. The first-order valence-corrected chi connectivity index (χ1v) is 16.2. The molecule has 10 nitrogen and oxygen atoms in total. The maximum Gasteiger partial charge on any atom is 0.417 e. The molecule has 15 heteroatoms. The molecule has 2 aliphatic heterocycles. The molecule has 266 valence electrons. The van der Waals surface area contributed by atoms with E-state index in [4.69, 9.17) is 4.74 Å². The van der Waals surface area contributed by atoms with Crippen LogP contribution in [0.1, 0.15) is 33.0 Å². The number of rotatable bonds is 7. The normalized spacial score (nSPS) is 17.7. The molecule has 0 bridgehead atoms. The number of hydrogen-bond acceptors (Lipinski definition) is 7. The molecule has 0 aliphatic carbocycles. The molecule has 0 radical (unpaired) electrons. The molecule has 0 unspecified atom stereocenters. The Morgan fingerprint density at radius 3 is 2.55 bits per heavy atom. The molecule has 2 atom stereocenters. The van der Waals surface area contributed by atoms with Crippen molar-refractivity contribution in [2.75, 3.05) is 43.6 Å². The van der Waals surface area contributed by atoms with Crippen LogP contribution in [0.25, 0.3) is 27.7 Å². The number of carbonyl (C=O) groups is 2. The van der Waals surface area contributed by atoms with Crippen LogP contribution < -0.4 is 15.5 Å². The molecular formula is C36H33F5N6O4. The Morgan fingerprint density at radius 2 is 1.86 bits per heavy atom. The number of nitrogens with zero attached hydrogens (tertiary/aromatic N) is 4. The average Bonchev–Trinajstić information content (AvgIpc) is 3.75. The zero-order chi connectivity index (χ0) is 36.4. The van der Waals surface area contributed by atoms with Crippen LogP contribution in [0.15, 0.2) is 54.7 Å². The van der Waals surface area contributed by atoms with Gasteiger partial charge in [0.05, 0.1) is 53.3 Å². The topological polar surface area (TPSA) is 113 Å². The van der Waals surface area contributed by atoms with Crippen molar-refractivity contribution in [3.05, 3.63) is 94.6 Å². The monoisotopic (exact) mass is 708 g/mol. The van der Waals surface area contributed by atoms with Crippen LogP contribution in [0.4, 0.5) is 33.3 Å². The van der Waals surface area contributed by atoms with Gasteiger partial charge in [-0.3, -0.25) is 9.59 Å². The van der Waals surface area contributed by atoms with Crippen LogP contribution in [0.3, 0.4) is 0 Å². The predicted octanol–water partition coefficient (Wildman–Crippen LogP) is 5.17. The number of fused-ring (bicyclic) bond motifs is 4. The fraction of sp³-hybridized carbons (Fsp3) is 0.306. The lowest BCUT2D eigenvalue weighted by Gasteiger charge is -2.28. The summed E-state index contributed by atoms with van der Waals surface area (Å²) >= 11 is 0. The summed E-state index contributed by atoms with van der Waals surface area (Å²) in [7, 11) is 3.36. The smallest absolute Gasteiger partial charge is 0.389 e. The Bertz CT molecular complexity index is 2240. The lowest BCUT2D eigenvalue weighted by atomic mass is 9.92. The molecule has 51 heavy (non-hydrogen) atoms. The molecular weight excluding hydrogens is 675 g/mol. The third-order valence-corrected chi connectivity index (χ3v) is 9.52. The number of aryl methyl sites for hydroxylation is 2. The third kappa shape index (κ3) is 6.04. The van der Waals surface area contributed by atoms with E-state index < -0.39 is 46.9 Å². The molecule has 3 aromatic heterocycles. The number of alkyl halides is 3. The Morgan fingerprint density at radius 1 is 1.12 bits per heavy atom. The molecule has 2 aromatic carbocycles. The van der Waals surface area contributed by atoms with Gasteiger partial charge in [0.25, 0.3) is 0 Å². The van der Waals surface area contributed by atoms with Gasteiger partial charge in [-0.25, -0.2) is 13.8 Å². The van der Waals surface area contributed by atoms with Gasteiger partial charge in [0.15, 0.2) is 0 Å². The number of aliphatic hydroxyl groups excluding tert-OH is 1. The van der Waals surface area contributed by atoms with Crippen molar-refractivity contribution in [3.8, 4) is 11.1 Å². The summed E-state index contributed by atoms with van der Waals surface area (Å²) in [5.74, 6) is -3.43. The molecule has 1 amide bonds. The van der Waals surface area contributed by atoms with Crippen LogP contribution in [0.5, 0.6) is 0 Å². The predicted molar refractivity (Wildman–Crippen MR) is 180 cm³/mol. The van der Waals surface area contributed by atoms with Crippen LogP contribution in [-0.4, -0.2) is 76.2 Å². The summed E-state index contributed by atoms with van der Waals surface area (Å²) < 4.78 is 83.2. The Hall–Kier alpha value is -5.12. The summed E-state index contributed by atoms with van der Waals surface area (Å²) in [6.45, 7) is 2.71. The zero-order valence-electron chi connectivity index (χ0n) is 27.7. The lowest BCUT2D eigenvalue weighted by molar-refractivity contribution is -0.137. The van der Waals surface area contributed by atoms with E-state index in [9.17, 15) is 27.9 Å². The summed E-state index contributed by atoms with van der Waals surface area (Å²) in [6, 6.07) is 7.03. The fourth-order valence-electron chi connectivity index (χ4n) is 6.86. The minimum absolute atomic E-state index is 0.0000651. The van der Waals surface area contributed by atoms with Gasteiger partial charge in [-0.05, 0) is 49.2 Å². The highest BCUT2D eigenvalue weighted by Gasteiger charge is 2.39. The van der Waals surface area contributed by atoms with E-state index >= 15 is 8.78 Å². The van der Waals surface area contributed by atoms with Gasteiger partial charge in [-0.15, -0.1) is 0 Å². The molecule has 1 saturated heterocycles. The van der Waals surface area contributed by atoms with Crippen molar-refractivity contribution in [3.63, 3.8) is 0 Å². The second kappa shape index (κ2) is 12.9. The van der Waals surface area contributed by atoms with Gasteiger partial charge in [0.1, 0.15) is 28.7 Å². The first kappa shape index (κ1) is 34.3. The van der Waals surface area contributed by atoms with Crippen LogP contribution in [0, 0.1) is 18.6 Å². The second-order valence-electron chi connectivity index (χ2n) is 12.8. The first-order valence-electron chi connectivity index (χ1n) is 16.2. The van der Waals surface area contributed by atoms with Crippen molar-refractivity contribution in [2.45, 2.75) is 31.7 Å². The number of aliphatic hydroxyl groups is 1. The van der Waals surface area contributed by atoms with Crippen LogP contribution in [0.2, 0.25) is 0 Å². The number of pyridine rings is 1. The molecule has 5 aromatic rings. The van der Waals surface area contributed by atoms with Gasteiger partial charge in [0.2, 0.25) is 11.7 Å². The number of likely N-dealkylation sites (N-methyl/N-ethyl adjacent to an activating group) is 1. The highest BCUT2D eigenvalue weighted by Crippen LogP contribution is 2.48. The van der Waals surface area contributed by atoms with Gasteiger partial charge in [0, 0.05) is 56.1 Å². The van der Waals surface area contributed by atoms with Gasteiger partial charge in [-0.1, -0.05) is 12.1 Å². The Balaban J connectivity index is 1.24. The highest BCUT2D eigenvalue weighted by molar-refractivity contribution is 6.11. The van der Waals surface area contributed by atoms with Gasteiger partial charge >= 0.3 is 6.18 Å². The van der Waals surface area contributed by atoms with Crippen molar-refractivity contribution in [1.82, 2.24) is 19.3 Å². The highest BCUT2D eigenvalue weighted by atomic mass is 19.4. The first-order chi connectivity index (χ1) is 24.2. The molecule has 2 aliphatic rings. The van der Waals surface area contributed by atoms with Crippen molar-refractivity contribution < 1.29 is 41.4 Å². The number of hydrogen-bond donors (Lipinski definition) is 3. The number of aromatic nitrogens is 3. The van der Waals surface area contributed by atoms with E-state index in [0.29, 0.717) is 53.2 Å². The number of imidazole rings is 1. The van der Waals surface area contributed by atoms with Crippen molar-refractivity contribution in [2.24, 2.45) is 7.05 Å². The van der Waals surface area contributed by atoms with Crippen molar-refractivity contribution >= 4 is 39.6 Å². The standard InChI is InChI=1S/C36H33F5N6O4/c1-18-43-32-26(46(18)3)15-22(36(39,40)41)30-21-6-5-10-47-27(14-19(33(21)47)8-11-45(2)34(30)32)35(50)20-12-23(37)31(24(38)13-20)44-29(49)7-4-9-42-25-16-51-17-28(25)48/h4-7,10,12-15,25,28,42,48H,8-9,11,16-17H2,1-3H3,(H,44,49)/b7-4+/t25-,28-/m1/s1. The molecule has 7 rings (SSSR count). The number of carbonyl (C=O) groups excluding carboxylic acids is 2. The minimum atomic E-state index is -4.73. The number of halogens is 5. The number of amides is 1. The number of benzene rings is 2. The molecule has 0 spiro atoms. The fourth-order valence-corrected chi connectivity index (χ4v) is 6.86. The molecule has 1 fully saturated rings. The largest absolute Gasteiger partial charge is 0.417 e. The number of anilines is 2. The van der Waals surface area contributed by atoms with E-state index in [0.717, 1.165) is 24.3 Å². The average molecular weight is 709 g/mol. The Kier molecular flexibility index (Phi) is 8.68. The van der Waals surface area contributed by atoms with E-state index in [1.54, 1.807) is 36.6 Å². The summed E-state index contributed by atoms with van der Waals surface area (Å²) in [5, 5.41) is 14.9. The minimum Gasteiger partial charge on any atom is -0.389 e. The van der Waals surface area contributed by atoms with Crippen LogP contribution >= 0.6 is 0 Å². The lowest BCUT2D eigenvalue weighted by Crippen LogP contribution is -2.38.